The summed E-state index contributed by atoms with van der Waals surface area (Å²) in [5, 5.41) is 9.68. The van der Waals surface area contributed by atoms with E-state index in [9.17, 15) is 9.90 Å². The van der Waals surface area contributed by atoms with Crippen molar-refractivity contribution in [1.82, 2.24) is 4.57 Å². The number of carboxylic acid groups (broad SMARTS) is 1. The van der Waals surface area contributed by atoms with Gasteiger partial charge in [-0.1, -0.05) is 25.7 Å². The zero-order valence-electron chi connectivity index (χ0n) is 11.4. The molecule has 1 aromatic heterocycles. The third kappa shape index (κ3) is 2.45. The van der Waals surface area contributed by atoms with Gasteiger partial charge in [-0.15, -0.1) is 0 Å². The number of carboxylic acids is 1. The first-order valence-electron chi connectivity index (χ1n) is 6.91. The van der Waals surface area contributed by atoms with Gasteiger partial charge in [0.1, 0.15) is 0 Å². The van der Waals surface area contributed by atoms with Gasteiger partial charge in [0.15, 0.2) is 0 Å². The van der Waals surface area contributed by atoms with Crippen LogP contribution >= 0.6 is 0 Å². The highest BCUT2D eigenvalue weighted by Gasteiger charge is 2.39. The normalized spacial score (nSPS) is 19.4. The molecule has 0 bridgehead atoms. The van der Waals surface area contributed by atoms with Gasteiger partial charge in [0, 0.05) is 17.9 Å². The van der Waals surface area contributed by atoms with Gasteiger partial charge >= 0.3 is 5.97 Å². The third-order valence-electron chi connectivity index (χ3n) is 4.39. The highest BCUT2D eigenvalue weighted by atomic mass is 16.4. The van der Waals surface area contributed by atoms with Crippen molar-refractivity contribution in [3.8, 4) is 0 Å². The van der Waals surface area contributed by atoms with Crippen LogP contribution in [-0.2, 0) is 11.3 Å². The summed E-state index contributed by atoms with van der Waals surface area (Å²) >= 11 is 0. The number of aliphatic carboxylic acids is 1. The molecule has 0 atom stereocenters. The maximum atomic E-state index is 11.8. The second-order valence-electron chi connectivity index (χ2n) is 5.70. The van der Waals surface area contributed by atoms with Gasteiger partial charge in [-0.3, -0.25) is 4.79 Å². The largest absolute Gasteiger partial charge is 0.481 e. The van der Waals surface area contributed by atoms with Crippen molar-refractivity contribution < 1.29 is 9.90 Å². The fraction of sp³-hybridized carbons (Fsp3) is 0.667. The van der Waals surface area contributed by atoms with Crippen LogP contribution in [0.25, 0.3) is 0 Å². The van der Waals surface area contributed by atoms with Crippen LogP contribution < -0.4 is 0 Å². The number of nitrogens with zero attached hydrogens (tertiary/aromatic N) is 1. The molecule has 0 radical (unpaired) electrons. The number of aromatic nitrogens is 1. The van der Waals surface area contributed by atoms with Crippen molar-refractivity contribution in [2.75, 3.05) is 0 Å². The Bertz CT molecular complexity index is 406. The minimum Gasteiger partial charge on any atom is -0.481 e. The molecule has 1 aliphatic rings. The van der Waals surface area contributed by atoms with Crippen LogP contribution in [-0.4, -0.2) is 15.6 Å². The van der Waals surface area contributed by atoms with E-state index in [1.54, 1.807) is 0 Å². The maximum Gasteiger partial charge on any atom is 0.311 e. The fourth-order valence-corrected chi connectivity index (χ4v) is 3.10. The highest BCUT2D eigenvalue weighted by molar-refractivity contribution is 5.74. The van der Waals surface area contributed by atoms with Crippen molar-refractivity contribution in [2.45, 2.75) is 58.9 Å². The molecule has 2 rings (SSSR count). The van der Waals surface area contributed by atoms with Crippen LogP contribution in [0.15, 0.2) is 12.1 Å². The Morgan fingerprint density at radius 1 is 1.17 bits per heavy atom. The van der Waals surface area contributed by atoms with Gasteiger partial charge in [0.25, 0.3) is 0 Å². The Morgan fingerprint density at radius 3 is 2.11 bits per heavy atom. The molecule has 3 nitrogen and oxygen atoms in total. The molecule has 0 saturated heterocycles. The van der Waals surface area contributed by atoms with Crippen molar-refractivity contribution >= 4 is 5.97 Å². The lowest BCUT2D eigenvalue weighted by atomic mass is 9.80. The monoisotopic (exact) mass is 249 g/mol. The van der Waals surface area contributed by atoms with E-state index in [-0.39, 0.29) is 0 Å². The first-order chi connectivity index (χ1) is 8.55. The molecular weight excluding hydrogens is 226 g/mol. The van der Waals surface area contributed by atoms with Crippen LogP contribution in [0.2, 0.25) is 0 Å². The predicted octanol–water partition coefficient (Wildman–Crippen LogP) is 3.53. The molecule has 1 N–H and O–H groups in total. The van der Waals surface area contributed by atoms with E-state index in [0.717, 1.165) is 37.1 Å². The summed E-state index contributed by atoms with van der Waals surface area (Å²) in [6, 6.07) is 4.14. The average molecular weight is 249 g/mol. The predicted molar refractivity (Wildman–Crippen MR) is 71.7 cm³/mol. The SMILES string of the molecule is Cc1ccc(C)n1CC1(C(=O)O)CCCCCC1. The summed E-state index contributed by atoms with van der Waals surface area (Å²) in [4.78, 5) is 11.8. The Morgan fingerprint density at radius 2 is 1.67 bits per heavy atom. The molecule has 100 valence electrons. The minimum absolute atomic E-state index is 0.551. The first-order valence-corrected chi connectivity index (χ1v) is 6.91. The van der Waals surface area contributed by atoms with Crippen LogP contribution in [0.4, 0.5) is 0 Å². The van der Waals surface area contributed by atoms with Crippen molar-refractivity contribution in [3.05, 3.63) is 23.5 Å². The summed E-state index contributed by atoms with van der Waals surface area (Å²) in [5.41, 5.74) is 1.78. The molecule has 0 spiro atoms. The van der Waals surface area contributed by atoms with Crippen molar-refractivity contribution in [1.29, 1.82) is 0 Å². The summed E-state index contributed by atoms with van der Waals surface area (Å²) < 4.78 is 2.17. The van der Waals surface area contributed by atoms with Crippen LogP contribution in [0.1, 0.15) is 49.9 Å². The molecule has 3 heteroatoms. The number of rotatable bonds is 3. The zero-order valence-corrected chi connectivity index (χ0v) is 11.4. The van der Waals surface area contributed by atoms with E-state index in [2.05, 4.69) is 30.5 Å². The lowest BCUT2D eigenvalue weighted by Crippen LogP contribution is -2.35. The highest BCUT2D eigenvalue weighted by Crippen LogP contribution is 2.37. The maximum absolute atomic E-state index is 11.8. The number of hydrogen-bond donors (Lipinski definition) is 1. The Hall–Kier alpha value is -1.25. The van der Waals surface area contributed by atoms with Gasteiger partial charge in [0.05, 0.1) is 5.41 Å². The van der Waals surface area contributed by atoms with E-state index >= 15 is 0 Å². The zero-order chi connectivity index (χ0) is 13.2. The summed E-state index contributed by atoms with van der Waals surface area (Å²) in [6.07, 6.45) is 6.09. The van der Waals surface area contributed by atoms with Crippen molar-refractivity contribution in [3.63, 3.8) is 0 Å². The minimum atomic E-state index is -0.614. The third-order valence-corrected chi connectivity index (χ3v) is 4.39. The lowest BCUT2D eigenvalue weighted by molar-refractivity contribution is -0.151. The molecule has 0 amide bonds. The quantitative estimate of drug-likeness (QED) is 0.833. The summed E-state index contributed by atoms with van der Waals surface area (Å²) in [5.74, 6) is -0.614. The molecule has 1 aliphatic carbocycles. The molecule has 0 aromatic carbocycles. The average Bonchev–Trinajstić information content (AvgIpc) is 2.58. The van der Waals surface area contributed by atoms with E-state index in [1.807, 2.05) is 0 Å². The smallest absolute Gasteiger partial charge is 0.311 e. The molecule has 1 fully saturated rings. The van der Waals surface area contributed by atoms with Gasteiger partial charge < -0.3 is 9.67 Å². The van der Waals surface area contributed by atoms with Gasteiger partial charge in [-0.25, -0.2) is 0 Å². The second kappa shape index (κ2) is 5.17. The molecule has 18 heavy (non-hydrogen) atoms. The second-order valence-corrected chi connectivity index (χ2v) is 5.70. The molecule has 1 heterocycles. The van der Waals surface area contributed by atoms with Crippen molar-refractivity contribution in [2.24, 2.45) is 5.41 Å². The lowest BCUT2D eigenvalue weighted by Gasteiger charge is -2.30. The standard InChI is InChI=1S/C15H23NO2/c1-12-7-8-13(2)16(12)11-15(14(17)18)9-5-3-4-6-10-15/h7-8H,3-6,9-11H2,1-2H3,(H,17,18). The fourth-order valence-electron chi connectivity index (χ4n) is 3.10. The van der Waals surface area contributed by atoms with Gasteiger partial charge in [-0.05, 0) is 38.8 Å². The molecule has 0 aliphatic heterocycles. The Kier molecular flexibility index (Phi) is 3.79. The van der Waals surface area contributed by atoms with Gasteiger partial charge in [0.2, 0.25) is 0 Å². The van der Waals surface area contributed by atoms with Crippen LogP contribution in [0, 0.1) is 19.3 Å². The number of aryl methyl sites for hydroxylation is 2. The number of hydrogen-bond acceptors (Lipinski definition) is 1. The summed E-state index contributed by atoms with van der Waals surface area (Å²) in [7, 11) is 0. The van der Waals surface area contributed by atoms with E-state index in [1.165, 1.54) is 12.8 Å². The van der Waals surface area contributed by atoms with E-state index in [0.29, 0.717) is 6.54 Å². The molecular formula is C15H23NO2. The molecule has 0 unspecified atom stereocenters. The Balaban J connectivity index is 2.28. The van der Waals surface area contributed by atoms with Gasteiger partial charge in [-0.2, -0.15) is 0 Å². The van der Waals surface area contributed by atoms with E-state index in [4.69, 9.17) is 0 Å². The molecule has 1 saturated carbocycles. The number of carbonyl (C=O) groups is 1. The summed E-state index contributed by atoms with van der Waals surface area (Å²) in [6.45, 7) is 4.74. The van der Waals surface area contributed by atoms with E-state index < -0.39 is 11.4 Å². The molecule has 1 aromatic rings. The van der Waals surface area contributed by atoms with Crippen LogP contribution in [0.3, 0.4) is 0 Å². The van der Waals surface area contributed by atoms with Crippen LogP contribution in [0.5, 0.6) is 0 Å². The topological polar surface area (TPSA) is 42.2 Å². The first kappa shape index (κ1) is 13.2. The Labute approximate surface area is 109 Å².